The van der Waals surface area contributed by atoms with E-state index in [0.717, 1.165) is 19.5 Å². The molecule has 1 heterocycles. The molecule has 0 amide bonds. The molecular weight excluding hydrogens is 250 g/mol. The quantitative estimate of drug-likeness (QED) is 0.857. The van der Waals surface area contributed by atoms with E-state index in [-0.39, 0.29) is 6.10 Å². The number of nitrogens with one attached hydrogen (secondary N) is 1. The maximum atomic E-state index is 6.04. The fourth-order valence-corrected chi connectivity index (χ4v) is 3.83. The number of fused-ring (bicyclic) bond motifs is 2. The monoisotopic (exact) mass is 275 g/mol. The predicted octanol–water partition coefficient (Wildman–Crippen LogP) is 2.81. The number of rotatable bonds is 4. The first-order chi connectivity index (χ1) is 9.86. The minimum absolute atomic E-state index is 0.252. The molecule has 3 heteroatoms. The topological polar surface area (TPSA) is 30.5 Å². The van der Waals surface area contributed by atoms with E-state index in [1.165, 1.54) is 30.4 Å². The Morgan fingerprint density at radius 1 is 1.15 bits per heavy atom. The third kappa shape index (κ3) is 2.62. The molecule has 1 atom stereocenters. The van der Waals surface area contributed by atoms with Gasteiger partial charge in [0.25, 0.3) is 0 Å². The zero-order valence-electron chi connectivity index (χ0n) is 12.4. The van der Waals surface area contributed by atoms with E-state index in [1.54, 1.807) is 7.11 Å². The van der Waals surface area contributed by atoms with Crippen LogP contribution < -0.4 is 5.32 Å². The van der Waals surface area contributed by atoms with Gasteiger partial charge in [0.1, 0.15) is 0 Å². The van der Waals surface area contributed by atoms with Gasteiger partial charge in [-0.05, 0) is 55.3 Å². The van der Waals surface area contributed by atoms with E-state index in [2.05, 4.69) is 29.6 Å². The summed E-state index contributed by atoms with van der Waals surface area (Å²) in [5.41, 5.74) is 3.34. The molecule has 0 radical (unpaired) electrons. The number of piperidine rings is 1. The highest BCUT2D eigenvalue weighted by atomic mass is 16.5. The Hall–Kier alpha value is -0.900. The average Bonchev–Trinajstić information content (AvgIpc) is 2.51. The lowest BCUT2D eigenvalue weighted by Gasteiger charge is -2.44. The number of methoxy groups -OCH3 is 1. The van der Waals surface area contributed by atoms with Gasteiger partial charge < -0.3 is 14.8 Å². The lowest BCUT2D eigenvalue weighted by Crippen LogP contribution is -2.42. The van der Waals surface area contributed by atoms with Crippen LogP contribution in [0.4, 0.5) is 0 Å². The highest BCUT2D eigenvalue weighted by molar-refractivity contribution is 5.39. The molecule has 1 aliphatic carbocycles. The van der Waals surface area contributed by atoms with Crippen molar-refractivity contribution in [1.82, 2.24) is 5.32 Å². The molecule has 0 bridgehead atoms. The third-order valence-corrected chi connectivity index (χ3v) is 4.93. The predicted molar refractivity (Wildman–Crippen MR) is 80.0 cm³/mol. The molecule has 1 aromatic rings. The van der Waals surface area contributed by atoms with Crippen molar-refractivity contribution in [3.8, 4) is 0 Å². The summed E-state index contributed by atoms with van der Waals surface area (Å²) in [6.45, 7) is 3.64. The summed E-state index contributed by atoms with van der Waals surface area (Å²) in [7, 11) is 1.72. The summed E-state index contributed by atoms with van der Waals surface area (Å²) in [5, 5.41) is 3.49. The number of hydrogen-bond acceptors (Lipinski definition) is 3. The van der Waals surface area contributed by atoms with Crippen LogP contribution in [0.5, 0.6) is 0 Å². The molecule has 3 rings (SSSR count). The van der Waals surface area contributed by atoms with Crippen molar-refractivity contribution < 1.29 is 9.47 Å². The smallest absolute Gasteiger partial charge is 0.0829 e. The molecule has 1 N–H and O–H groups in total. The minimum Gasteiger partial charge on any atom is -0.382 e. The summed E-state index contributed by atoms with van der Waals surface area (Å²) in [5.74, 6) is 0. The number of benzene rings is 1. The van der Waals surface area contributed by atoms with Crippen molar-refractivity contribution in [2.24, 2.45) is 0 Å². The van der Waals surface area contributed by atoms with E-state index in [4.69, 9.17) is 9.47 Å². The Labute approximate surface area is 121 Å². The molecule has 1 unspecified atom stereocenters. The normalized spacial score (nSPS) is 24.6. The molecule has 20 heavy (non-hydrogen) atoms. The maximum Gasteiger partial charge on any atom is 0.0829 e. The van der Waals surface area contributed by atoms with Gasteiger partial charge in [0, 0.05) is 7.11 Å². The third-order valence-electron chi connectivity index (χ3n) is 4.93. The maximum absolute atomic E-state index is 6.04. The van der Waals surface area contributed by atoms with Gasteiger partial charge in [0.2, 0.25) is 0 Å². The van der Waals surface area contributed by atoms with Gasteiger partial charge in [-0.25, -0.2) is 0 Å². The molecule has 3 nitrogen and oxygen atoms in total. The molecule has 1 spiro atoms. The van der Waals surface area contributed by atoms with E-state index < -0.39 is 0 Å². The molecule has 2 aliphatic rings. The van der Waals surface area contributed by atoms with Crippen LogP contribution in [0.2, 0.25) is 0 Å². The van der Waals surface area contributed by atoms with Crippen LogP contribution in [-0.2, 0) is 14.9 Å². The Balaban J connectivity index is 1.83. The van der Waals surface area contributed by atoms with Crippen molar-refractivity contribution in [3.63, 3.8) is 0 Å². The first kappa shape index (κ1) is 14.1. The highest BCUT2D eigenvalue weighted by Gasteiger charge is 2.40. The van der Waals surface area contributed by atoms with Crippen LogP contribution in [-0.4, -0.2) is 33.4 Å². The van der Waals surface area contributed by atoms with E-state index in [1.807, 2.05) is 0 Å². The summed E-state index contributed by atoms with van der Waals surface area (Å²) in [6, 6.07) is 8.91. The van der Waals surface area contributed by atoms with Crippen molar-refractivity contribution in [1.29, 1.82) is 0 Å². The lowest BCUT2D eigenvalue weighted by atomic mass is 9.64. The van der Waals surface area contributed by atoms with Crippen molar-refractivity contribution in [3.05, 3.63) is 35.4 Å². The zero-order valence-corrected chi connectivity index (χ0v) is 12.4. The Kier molecular flexibility index (Phi) is 4.39. The van der Waals surface area contributed by atoms with Crippen molar-refractivity contribution in [2.45, 2.75) is 37.2 Å². The van der Waals surface area contributed by atoms with Gasteiger partial charge >= 0.3 is 0 Å². The van der Waals surface area contributed by atoms with Gasteiger partial charge in [-0.1, -0.05) is 24.3 Å². The van der Waals surface area contributed by atoms with E-state index >= 15 is 0 Å². The van der Waals surface area contributed by atoms with E-state index in [0.29, 0.717) is 18.6 Å². The second kappa shape index (κ2) is 6.25. The SMILES string of the molecule is COCCOC1CCC2(CCNCC2)c2ccccc21. The van der Waals surface area contributed by atoms with Crippen LogP contribution in [0, 0.1) is 0 Å². The molecule has 110 valence electrons. The van der Waals surface area contributed by atoms with Gasteiger partial charge in [0.05, 0.1) is 19.3 Å². The average molecular weight is 275 g/mol. The van der Waals surface area contributed by atoms with Gasteiger partial charge in [-0.2, -0.15) is 0 Å². The molecule has 1 aromatic carbocycles. The standard InChI is InChI=1S/C17H25NO2/c1-19-12-13-20-16-6-7-17(8-10-18-11-9-17)15-5-3-2-4-14(15)16/h2-5,16,18H,6-13H2,1H3. The van der Waals surface area contributed by atoms with Crippen LogP contribution in [0.25, 0.3) is 0 Å². The van der Waals surface area contributed by atoms with Gasteiger partial charge in [0.15, 0.2) is 0 Å². The van der Waals surface area contributed by atoms with E-state index in [9.17, 15) is 0 Å². The lowest BCUT2D eigenvalue weighted by molar-refractivity contribution is -0.000282. The Bertz CT molecular complexity index is 440. The first-order valence-electron chi connectivity index (χ1n) is 7.76. The Morgan fingerprint density at radius 2 is 1.95 bits per heavy atom. The van der Waals surface area contributed by atoms with Crippen molar-refractivity contribution >= 4 is 0 Å². The summed E-state index contributed by atoms with van der Waals surface area (Å²) in [4.78, 5) is 0. The second-order valence-corrected chi connectivity index (χ2v) is 6.01. The molecule has 0 aromatic heterocycles. The van der Waals surface area contributed by atoms with Crippen molar-refractivity contribution in [2.75, 3.05) is 33.4 Å². The number of hydrogen-bond donors (Lipinski definition) is 1. The molecule has 1 aliphatic heterocycles. The fraction of sp³-hybridized carbons (Fsp3) is 0.647. The zero-order chi connectivity index (χ0) is 13.8. The summed E-state index contributed by atoms with van der Waals surface area (Å²) < 4.78 is 11.1. The fourth-order valence-electron chi connectivity index (χ4n) is 3.83. The molecular formula is C17H25NO2. The molecule has 0 saturated carbocycles. The van der Waals surface area contributed by atoms with Gasteiger partial charge in [-0.3, -0.25) is 0 Å². The highest BCUT2D eigenvalue weighted by Crippen LogP contribution is 2.47. The van der Waals surface area contributed by atoms with Crippen LogP contribution in [0.3, 0.4) is 0 Å². The second-order valence-electron chi connectivity index (χ2n) is 6.01. The first-order valence-corrected chi connectivity index (χ1v) is 7.76. The Morgan fingerprint density at radius 3 is 2.75 bits per heavy atom. The number of ether oxygens (including phenoxy) is 2. The van der Waals surface area contributed by atoms with Crippen LogP contribution in [0.1, 0.15) is 42.9 Å². The minimum atomic E-state index is 0.252. The van der Waals surface area contributed by atoms with Crippen LogP contribution >= 0.6 is 0 Å². The molecule has 1 saturated heterocycles. The van der Waals surface area contributed by atoms with Gasteiger partial charge in [-0.15, -0.1) is 0 Å². The summed E-state index contributed by atoms with van der Waals surface area (Å²) >= 11 is 0. The largest absolute Gasteiger partial charge is 0.382 e. The molecule has 1 fully saturated rings. The summed E-state index contributed by atoms with van der Waals surface area (Å²) in [6.07, 6.45) is 5.16. The van der Waals surface area contributed by atoms with Crippen LogP contribution in [0.15, 0.2) is 24.3 Å².